The molecule has 4 heteroatoms. The van der Waals surface area contributed by atoms with Crippen LogP contribution in [0.4, 0.5) is 0 Å². The average molecular weight is 237 g/mol. The van der Waals surface area contributed by atoms with Gasteiger partial charge in [-0.05, 0) is 33.6 Å². The largest absolute Gasteiger partial charge is 0.377 e. The molecule has 0 unspecified atom stereocenters. The maximum atomic E-state index is 5.54. The summed E-state index contributed by atoms with van der Waals surface area (Å²) in [6.45, 7) is 8.76. The summed E-state index contributed by atoms with van der Waals surface area (Å²) in [4.78, 5) is 0. The lowest BCUT2D eigenvalue weighted by atomic mass is 10.2. The maximum absolute atomic E-state index is 5.54. The highest BCUT2D eigenvalue weighted by atomic mass is 16.5. The Hall–Kier alpha value is -0.870. The molecule has 0 amide bonds. The molecule has 1 heterocycles. The zero-order valence-electron chi connectivity index (χ0n) is 11.1. The molecular formula is C13H23N3O. The molecule has 0 spiro atoms. The van der Waals surface area contributed by atoms with Crippen molar-refractivity contribution < 1.29 is 4.74 Å². The predicted molar refractivity (Wildman–Crippen MR) is 67.9 cm³/mol. The van der Waals surface area contributed by atoms with Crippen molar-refractivity contribution in [3.8, 4) is 0 Å². The smallest absolute Gasteiger partial charge is 0.0666 e. The first kappa shape index (κ1) is 12.6. The molecule has 0 radical (unpaired) electrons. The van der Waals surface area contributed by atoms with Gasteiger partial charge in [-0.25, -0.2) is 0 Å². The molecule has 1 aliphatic carbocycles. The molecule has 1 aromatic heterocycles. The van der Waals surface area contributed by atoms with Crippen molar-refractivity contribution >= 4 is 0 Å². The number of hydrogen-bond donors (Lipinski definition) is 1. The molecule has 0 aromatic carbocycles. The number of aromatic nitrogens is 2. The van der Waals surface area contributed by atoms with E-state index in [-0.39, 0.29) is 0 Å². The molecule has 0 atom stereocenters. The minimum atomic E-state index is 0.293. The SMILES string of the molecule is Cc1c(CNC2CC2)cnn1CCOC(C)C. The summed E-state index contributed by atoms with van der Waals surface area (Å²) in [5.74, 6) is 0. The fourth-order valence-corrected chi connectivity index (χ4v) is 1.80. The Balaban J connectivity index is 1.80. The van der Waals surface area contributed by atoms with E-state index in [1.165, 1.54) is 24.1 Å². The van der Waals surface area contributed by atoms with Crippen LogP contribution in [0.3, 0.4) is 0 Å². The normalized spacial score (nSPS) is 15.8. The molecule has 17 heavy (non-hydrogen) atoms. The fraction of sp³-hybridized carbons (Fsp3) is 0.769. The van der Waals surface area contributed by atoms with E-state index >= 15 is 0 Å². The van der Waals surface area contributed by atoms with Gasteiger partial charge in [-0.3, -0.25) is 4.68 Å². The second kappa shape index (κ2) is 5.65. The van der Waals surface area contributed by atoms with Crippen LogP contribution in [0.5, 0.6) is 0 Å². The van der Waals surface area contributed by atoms with Gasteiger partial charge in [0.25, 0.3) is 0 Å². The molecule has 1 aliphatic rings. The lowest BCUT2D eigenvalue weighted by Crippen LogP contribution is -2.16. The molecular weight excluding hydrogens is 214 g/mol. The van der Waals surface area contributed by atoms with E-state index in [2.05, 4.69) is 31.2 Å². The van der Waals surface area contributed by atoms with Gasteiger partial charge in [0.05, 0.1) is 25.5 Å². The van der Waals surface area contributed by atoms with Crippen molar-refractivity contribution in [1.29, 1.82) is 0 Å². The molecule has 4 nitrogen and oxygen atoms in total. The highest BCUT2D eigenvalue weighted by Crippen LogP contribution is 2.19. The van der Waals surface area contributed by atoms with Gasteiger partial charge in [-0.1, -0.05) is 0 Å². The standard InChI is InChI=1S/C13H23N3O/c1-10(2)17-7-6-16-11(3)12(9-15-16)8-14-13-4-5-13/h9-10,13-14H,4-8H2,1-3H3. The van der Waals surface area contributed by atoms with E-state index in [4.69, 9.17) is 4.74 Å². The molecule has 0 aliphatic heterocycles. The third-order valence-corrected chi connectivity index (χ3v) is 3.12. The Morgan fingerprint density at radius 2 is 2.29 bits per heavy atom. The van der Waals surface area contributed by atoms with E-state index in [1.54, 1.807) is 0 Å². The Morgan fingerprint density at radius 3 is 2.94 bits per heavy atom. The lowest BCUT2D eigenvalue weighted by molar-refractivity contribution is 0.0706. The zero-order valence-corrected chi connectivity index (χ0v) is 11.1. The van der Waals surface area contributed by atoms with Crippen molar-refractivity contribution in [1.82, 2.24) is 15.1 Å². The van der Waals surface area contributed by atoms with Crippen molar-refractivity contribution in [2.45, 2.75) is 58.8 Å². The average Bonchev–Trinajstić information content (AvgIpc) is 3.04. The predicted octanol–water partition coefficient (Wildman–Crippen LogP) is 1.87. The van der Waals surface area contributed by atoms with Crippen LogP contribution in [-0.2, 0) is 17.8 Å². The van der Waals surface area contributed by atoms with E-state index in [1.807, 2.05) is 10.9 Å². The van der Waals surface area contributed by atoms with Crippen molar-refractivity contribution in [2.75, 3.05) is 6.61 Å². The van der Waals surface area contributed by atoms with Gasteiger partial charge in [0.1, 0.15) is 0 Å². The van der Waals surface area contributed by atoms with E-state index in [0.717, 1.165) is 25.7 Å². The maximum Gasteiger partial charge on any atom is 0.0666 e. The van der Waals surface area contributed by atoms with Crippen LogP contribution in [0.15, 0.2) is 6.20 Å². The first-order chi connectivity index (χ1) is 8.16. The highest BCUT2D eigenvalue weighted by Gasteiger charge is 2.20. The van der Waals surface area contributed by atoms with Crippen molar-refractivity contribution in [3.05, 3.63) is 17.5 Å². The molecule has 0 bridgehead atoms. The molecule has 1 aromatic rings. The van der Waals surface area contributed by atoms with E-state index in [0.29, 0.717) is 6.10 Å². The van der Waals surface area contributed by atoms with Gasteiger partial charge in [0.2, 0.25) is 0 Å². The molecule has 1 N–H and O–H groups in total. The summed E-state index contributed by atoms with van der Waals surface area (Å²) in [5, 5.41) is 7.92. The molecule has 2 rings (SSSR count). The first-order valence-electron chi connectivity index (χ1n) is 6.53. The minimum Gasteiger partial charge on any atom is -0.377 e. The molecule has 1 saturated carbocycles. The van der Waals surface area contributed by atoms with Crippen molar-refractivity contribution in [3.63, 3.8) is 0 Å². The molecule has 0 saturated heterocycles. The van der Waals surface area contributed by atoms with Gasteiger partial charge >= 0.3 is 0 Å². The quantitative estimate of drug-likeness (QED) is 0.787. The number of hydrogen-bond acceptors (Lipinski definition) is 3. The summed E-state index contributed by atoms with van der Waals surface area (Å²) in [7, 11) is 0. The van der Waals surface area contributed by atoms with Crippen LogP contribution in [0.2, 0.25) is 0 Å². The molecule has 96 valence electrons. The van der Waals surface area contributed by atoms with Gasteiger partial charge < -0.3 is 10.1 Å². The first-order valence-corrected chi connectivity index (χ1v) is 6.53. The summed E-state index contributed by atoms with van der Waals surface area (Å²) >= 11 is 0. The summed E-state index contributed by atoms with van der Waals surface area (Å²) in [6, 6.07) is 0.752. The monoisotopic (exact) mass is 237 g/mol. The Morgan fingerprint density at radius 1 is 1.53 bits per heavy atom. The zero-order chi connectivity index (χ0) is 12.3. The summed E-state index contributed by atoms with van der Waals surface area (Å²) < 4.78 is 7.58. The number of ether oxygens (including phenoxy) is 1. The van der Waals surface area contributed by atoms with Crippen LogP contribution in [0.25, 0.3) is 0 Å². The van der Waals surface area contributed by atoms with Crippen LogP contribution in [0.1, 0.15) is 37.9 Å². The van der Waals surface area contributed by atoms with Gasteiger partial charge in [-0.15, -0.1) is 0 Å². The van der Waals surface area contributed by atoms with Crippen molar-refractivity contribution in [2.24, 2.45) is 0 Å². The van der Waals surface area contributed by atoms with E-state index < -0.39 is 0 Å². The Kier molecular flexibility index (Phi) is 4.18. The second-order valence-electron chi connectivity index (χ2n) is 5.05. The van der Waals surface area contributed by atoms with Gasteiger partial charge in [-0.2, -0.15) is 5.10 Å². The lowest BCUT2D eigenvalue weighted by Gasteiger charge is -2.09. The van der Waals surface area contributed by atoms with Crippen LogP contribution < -0.4 is 5.32 Å². The number of rotatable bonds is 7. The van der Waals surface area contributed by atoms with Crippen LogP contribution in [0, 0.1) is 6.92 Å². The summed E-state index contributed by atoms with van der Waals surface area (Å²) in [6.07, 6.45) is 4.92. The van der Waals surface area contributed by atoms with Crippen LogP contribution in [-0.4, -0.2) is 28.5 Å². The number of nitrogens with zero attached hydrogens (tertiary/aromatic N) is 2. The minimum absolute atomic E-state index is 0.293. The number of nitrogens with one attached hydrogen (secondary N) is 1. The van der Waals surface area contributed by atoms with Gasteiger partial charge in [0.15, 0.2) is 0 Å². The van der Waals surface area contributed by atoms with Gasteiger partial charge in [0, 0.05) is 23.8 Å². The van der Waals surface area contributed by atoms with Crippen LogP contribution >= 0.6 is 0 Å². The molecule has 1 fully saturated rings. The third kappa shape index (κ3) is 3.82. The third-order valence-electron chi connectivity index (χ3n) is 3.12. The fourth-order valence-electron chi connectivity index (χ4n) is 1.80. The Bertz CT molecular complexity index is 356. The topological polar surface area (TPSA) is 39.1 Å². The highest BCUT2D eigenvalue weighted by molar-refractivity contribution is 5.16. The second-order valence-corrected chi connectivity index (χ2v) is 5.05. The Labute approximate surface area is 103 Å². The van der Waals surface area contributed by atoms with E-state index in [9.17, 15) is 0 Å². The summed E-state index contributed by atoms with van der Waals surface area (Å²) in [5.41, 5.74) is 2.56.